The number of methoxy groups -OCH3 is 1. The van der Waals surface area contributed by atoms with Gasteiger partial charge in [0.25, 0.3) is 0 Å². The lowest BCUT2D eigenvalue weighted by Crippen LogP contribution is -2.39. The van der Waals surface area contributed by atoms with Crippen LogP contribution in [0, 0.1) is 29.1 Å². The van der Waals surface area contributed by atoms with Crippen molar-refractivity contribution in [3.05, 3.63) is 0 Å². The Bertz CT molecular complexity index is 878. The van der Waals surface area contributed by atoms with E-state index >= 15 is 0 Å². The maximum Gasteiger partial charge on any atom is 0.312 e. The first-order valence-electron chi connectivity index (χ1n) is 15.9. The van der Waals surface area contributed by atoms with Crippen LogP contribution in [0.15, 0.2) is 0 Å². The number of esters is 3. The van der Waals surface area contributed by atoms with Crippen LogP contribution in [0.5, 0.6) is 0 Å². The predicted molar refractivity (Wildman–Crippen MR) is 165 cm³/mol. The van der Waals surface area contributed by atoms with Crippen LogP contribution in [0.25, 0.3) is 0 Å². The van der Waals surface area contributed by atoms with Gasteiger partial charge in [-0.3, -0.25) is 24.0 Å². The Morgan fingerprint density at radius 2 is 1.42 bits per heavy atom. The third-order valence-electron chi connectivity index (χ3n) is 8.29. The molecule has 0 aliphatic heterocycles. The highest BCUT2D eigenvalue weighted by molar-refractivity contribution is 7.99. The van der Waals surface area contributed by atoms with Crippen molar-refractivity contribution >= 4 is 41.6 Å². The molecular formula is C32H54O10S. The SMILES string of the molecule is CCCCCCCCCCCCSCC(C)(CC(C)C(=O)OCCOC(=O)C1CCC(C(=O)O)CC1C(=O)O)C(=O)OC. The Balaban J connectivity index is 2.38. The van der Waals surface area contributed by atoms with E-state index in [2.05, 4.69) is 6.92 Å². The van der Waals surface area contributed by atoms with Crippen molar-refractivity contribution in [3.63, 3.8) is 0 Å². The molecule has 10 nitrogen and oxygen atoms in total. The van der Waals surface area contributed by atoms with Crippen LogP contribution in [0.1, 0.15) is 111 Å². The molecule has 43 heavy (non-hydrogen) atoms. The smallest absolute Gasteiger partial charge is 0.312 e. The first-order chi connectivity index (χ1) is 20.5. The zero-order valence-corrected chi connectivity index (χ0v) is 27.4. The molecule has 0 radical (unpaired) electrons. The van der Waals surface area contributed by atoms with Crippen molar-refractivity contribution in [2.45, 2.75) is 111 Å². The Morgan fingerprint density at radius 1 is 0.837 bits per heavy atom. The van der Waals surface area contributed by atoms with E-state index in [1.807, 2.05) is 0 Å². The van der Waals surface area contributed by atoms with E-state index in [-0.39, 0.29) is 44.9 Å². The summed E-state index contributed by atoms with van der Waals surface area (Å²) in [6.07, 6.45) is 13.1. The minimum Gasteiger partial charge on any atom is -0.481 e. The molecule has 0 spiro atoms. The number of hydrogen-bond donors (Lipinski definition) is 2. The van der Waals surface area contributed by atoms with Crippen molar-refractivity contribution < 1.29 is 48.4 Å². The van der Waals surface area contributed by atoms with Crippen LogP contribution >= 0.6 is 11.8 Å². The number of aliphatic carboxylic acids is 2. The standard InChI is InChI=1S/C32H54O10S/c1-5-6-7-8-9-10-11-12-13-14-19-43-22-32(3,31(39)40-4)21-23(2)29(37)41-17-18-42-30(38)25-16-15-24(27(33)34)20-26(25)28(35)36/h23-26H,5-22H2,1-4H3,(H,33,34)(H,35,36). The number of carboxylic acid groups (broad SMARTS) is 2. The van der Waals surface area contributed by atoms with Crippen LogP contribution in [0.3, 0.4) is 0 Å². The molecule has 0 heterocycles. The highest BCUT2D eigenvalue weighted by Gasteiger charge is 2.42. The van der Waals surface area contributed by atoms with Gasteiger partial charge in [0.05, 0.1) is 36.2 Å². The summed E-state index contributed by atoms with van der Waals surface area (Å²) in [5.41, 5.74) is -0.858. The van der Waals surface area contributed by atoms with Crippen LogP contribution in [-0.4, -0.2) is 71.9 Å². The van der Waals surface area contributed by atoms with Crippen molar-refractivity contribution in [1.82, 2.24) is 0 Å². The van der Waals surface area contributed by atoms with Crippen molar-refractivity contribution in [1.29, 1.82) is 0 Å². The summed E-state index contributed by atoms with van der Waals surface area (Å²) in [5, 5.41) is 18.6. The summed E-state index contributed by atoms with van der Waals surface area (Å²) in [6, 6.07) is 0. The van der Waals surface area contributed by atoms with Gasteiger partial charge in [-0.25, -0.2) is 0 Å². The highest BCUT2D eigenvalue weighted by Crippen LogP contribution is 2.35. The van der Waals surface area contributed by atoms with E-state index in [4.69, 9.17) is 14.2 Å². The van der Waals surface area contributed by atoms with Gasteiger partial charge in [-0.05, 0) is 44.8 Å². The molecule has 1 fully saturated rings. The average Bonchev–Trinajstić information content (AvgIpc) is 2.98. The normalized spacial score (nSPS) is 20.4. The molecule has 1 aliphatic rings. The van der Waals surface area contributed by atoms with E-state index < -0.39 is 53.0 Å². The van der Waals surface area contributed by atoms with E-state index in [9.17, 15) is 34.2 Å². The Hall–Kier alpha value is -2.30. The fourth-order valence-corrected chi connectivity index (χ4v) is 6.92. The molecule has 0 aromatic carbocycles. The van der Waals surface area contributed by atoms with Gasteiger partial charge in [-0.15, -0.1) is 0 Å². The summed E-state index contributed by atoms with van der Waals surface area (Å²) in [4.78, 5) is 60.6. The molecule has 0 saturated heterocycles. The molecule has 11 heteroatoms. The van der Waals surface area contributed by atoms with E-state index in [0.29, 0.717) is 5.75 Å². The Kier molecular flexibility index (Phi) is 19.3. The first-order valence-corrected chi connectivity index (χ1v) is 17.1. The summed E-state index contributed by atoms with van der Waals surface area (Å²) in [7, 11) is 1.34. The largest absolute Gasteiger partial charge is 0.481 e. The summed E-state index contributed by atoms with van der Waals surface area (Å²) < 4.78 is 15.5. The molecule has 2 N–H and O–H groups in total. The van der Waals surface area contributed by atoms with Crippen LogP contribution < -0.4 is 0 Å². The minimum atomic E-state index is -1.23. The zero-order chi connectivity index (χ0) is 32.3. The van der Waals surface area contributed by atoms with Crippen molar-refractivity contribution in [3.8, 4) is 0 Å². The van der Waals surface area contributed by atoms with Gasteiger partial charge >= 0.3 is 29.8 Å². The summed E-state index contributed by atoms with van der Waals surface area (Å²) in [5.74, 6) is -5.96. The molecule has 0 aromatic rings. The number of carbonyl (C=O) groups is 5. The lowest BCUT2D eigenvalue weighted by Gasteiger charge is -2.30. The molecule has 1 rings (SSSR count). The third kappa shape index (κ3) is 14.8. The van der Waals surface area contributed by atoms with Crippen molar-refractivity contribution in [2.75, 3.05) is 31.8 Å². The second-order valence-electron chi connectivity index (χ2n) is 12.1. The molecule has 1 aliphatic carbocycles. The number of rotatable bonds is 23. The third-order valence-corrected chi connectivity index (χ3v) is 9.71. The van der Waals surface area contributed by atoms with Crippen LogP contribution in [-0.2, 0) is 38.2 Å². The Labute approximate surface area is 261 Å². The number of thioether (sulfide) groups is 1. The summed E-state index contributed by atoms with van der Waals surface area (Å²) >= 11 is 1.69. The second-order valence-corrected chi connectivity index (χ2v) is 13.2. The van der Waals surface area contributed by atoms with E-state index in [1.54, 1.807) is 25.6 Å². The lowest BCUT2D eigenvalue weighted by molar-refractivity contribution is -0.165. The second kappa shape index (κ2) is 21.4. The van der Waals surface area contributed by atoms with E-state index in [1.165, 1.54) is 64.9 Å². The van der Waals surface area contributed by atoms with Gasteiger partial charge in [0.1, 0.15) is 13.2 Å². The molecule has 5 unspecified atom stereocenters. The highest BCUT2D eigenvalue weighted by atomic mass is 32.2. The molecule has 248 valence electrons. The lowest BCUT2D eigenvalue weighted by atomic mass is 9.74. The fourth-order valence-electron chi connectivity index (χ4n) is 5.68. The van der Waals surface area contributed by atoms with Gasteiger partial charge in [0.15, 0.2) is 0 Å². The Morgan fingerprint density at radius 3 is 1.98 bits per heavy atom. The maximum absolute atomic E-state index is 12.6. The summed E-state index contributed by atoms with van der Waals surface area (Å²) in [6.45, 7) is 5.26. The molecule has 1 saturated carbocycles. The monoisotopic (exact) mass is 630 g/mol. The number of ether oxygens (including phenoxy) is 3. The van der Waals surface area contributed by atoms with Gasteiger partial charge in [-0.1, -0.05) is 71.6 Å². The van der Waals surface area contributed by atoms with Crippen LogP contribution in [0.2, 0.25) is 0 Å². The predicted octanol–water partition coefficient (Wildman–Crippen LogP) is 6.13. The average molecular weight is 631 g/mol. The molecular weight excluding hydrogens is 576 g/mol. The van der Waals surface area contributed by atoms with Gasteiger partial charge < -0.3 is 24.4 Å². The molecule has 0 amide bonds. The van der Waals surface area contributed by atoms with Gasteiger partial charge in [0, 0.05) is 5.75 Å². The van der Waals surface area contributed by atoms with Gasteiger partial charge in [-0.2, -0.15) is 11.8 Å². The fraction of sp³-hybridized carbons (Fsp3) is 0.844. The topological polar surface area (TPSA) is 154 Å². The van der Waals surface area contributed by atoms with E-state index in [0.717, 1.165) is 12.2 Å². The quantitative estimate of drug-likeness (QED) is 0.0761. The number of unbranched alkanes of at least 4 members (excludes halogenated alkanes) is 9. The number of hydrogen-bond acceptors (Lipinski definition) is 9. The van der Waals surface area contributed by atoms with Crippen molar-refractivity contribution in [2.24, 2.45) is 29.1 Å². The maximum atomic E-state index is 12.6. The van der Waals surface area contributed by atoms with Crippen LogP contribution in [0.4, 0.5) is 0 Å². The minimum absolute atomic E-state index is 0.104. The first kappa shape index (κ1) is 38.7. The number of carboxylic acids is 2. The molecule has 0 aromatic heterocycles. The number of carbonyl (C=O) groups excluding carboxylic acids is 3. The molecule has 0 bridgehead atoms. The molecule has 5 atom stereocenters. The van der Waals surface area contributed by atoms with Gasteiger partial charge in [0.2, 0.25) is 0 Å². The zero-order valence-electron chi connectivity index (χ0n) is 26.6.